The van der Waals surface area contributed by atoms with Crippen LogP contribution in [0.4, 0.5) is 0 Å². The number of thioether (sulfide) groups is 2. The van der Waals surface area contributed by atoms with Crippen LogP contribution < -0.4 is 16.4 Å². The maximum Gasteiger partial charge on any atom is 0.326 e. The Labute approximate surface area is 222 Å². The first-order valence-corrected chi connectivity index (χ1v) is 13.3. The number of β-lactam (4-membered cyclic amide) rings is 1. The minimum absolute atomic E-state index is 0.112. The fourth-order valence-corrected chi connectivity index (χ4v) is 5.03. The minimum atomic E-state index is -1.39. The van der Waals surface area contributed by atoms with Crippen molar-refractivity contribution in [2.24, 2.45) is 5.73 Å². The average Bonchev–Trinajstić information content (AvgIpc) is 2.83. The van der Waals surface area contributed by atoms with Gasteiger partial charge in [0.05, 0.1) is 0 Å². The highest BCUT2D eigenvalue weighted by molar-refractivity contribution is 8.02. The number of carbonyl (C=O) groups is 6. The van der Waals surface area contributed by atoms with Crippen LogP contribution in [-0.2, 0) is 28.8 Å². The zero-order valence-corrected chi connectivity index (χ0v) is 22.0. The number of nitrogens with one attached hydrogen (secondary N) is 2. The highest BCUT2D eigenvalue weighted by Crippen LogP contribution is 2.34. The number of hydrogen-bond donors (Lipinski definition) is 6. The molecule has 15 heteroatoms. The Kier molecular flexibility index (Phi) is 13.8. The molecule has 0 saturated carbocycles. The van der Waals surface area contributed by atoms with Gasteiger partial charge < -0.3 is 36.6 Å². The number of likely N-dealkylation sites (tertiary alicyclic amines) is 1. The molecule has 37 heavy (non-hydrogen) atoms. The molecule has 0 spiro atoms. The number of nitrogens with zero attached hydrogens (tertiary/aromatic N) is 1. The molecule has 0 aliphatic carbocycles. The van der Waals surface area contributed by atoms with Gasteiger partial charge in [-0.05, 0) is 37.5 Å². The van der Waals surface area contributed by atoms with Crippen molar-refractivity contribution >= 4 is 59.2 Å². The van der Waals surface area contributed by atoms with Gasteiger partial charge in [0.1, 0.15) is 29.5 Å². The lowest BCUT2D eigenvalue weighted by Crippen LogP contribution is -2.73. The SMILES string of the molecule is CC=CSCC(NC(=O)CCC(N)C(=O)O)C(=O)NC1C(=O)N(C(CCC(=O)O)C(=O)O)C1SC=CC. The summed E-state index contributed by atoms with van der Waals surface area (Å²) in [5.41, 5.74) is 5.42. The molecule has 206 valence electrons. The lowest BCUT2D eigenvalue weighted by Gasteiger charge is -2.49. The Morgan fingerprint density at radius 2 is 1.68 bits per heavy atom. The number of carboxylic acid groups (broad SMARTS) is 3. The lowest BCUT2D eigenvalue weighted by molar-refractivity contribution is -0.162. The van der Waals surface area contributed by atoms with Crippen molar-refractivity contribution in [1.82, 2.24) is 15.5 Å². The fourth-order valence-electron chi connectivity index (χ4n) is 3.26. The van der Waals surface area contributed by atoms with E-state index < -0.39 is 71.6 Å². The molecule has 5 unspecified atom stereocenters. The summed E-state index contributed by atoms with van der Waals surface area (Å²) in [6.07, 6.45) is 2.26. The molecule has 1 fully saturated rings. The zero-order chi connectivity index (χ0) is 28.1. The van der Waals surface area contributed by atoms with Crippen molar-refractivity contribution in [1.29, 1.82) is 0 Å². The topological polar surface area (TPSA) is 216 Å². The Morgan fingerprint density at radius 1 is 1.03 bits per heavy atom. The van der Waals surface area contributed by atoms with Gasteiger partial charge in [0.15, 0.2) is 0 Å². The summed E-state index contributed by atoms with van der Waals surface area (Å²) in [6.45, 7) is 3.48. The van der Waals surface area contributed by atoms with Gasteiger partial charge in [-0.25, -0.2) is 4.79 Å². The van der Waals surface area contributed by atoms with E-state index in [0.717, 1.165) is 16.7 Å². The van der Waals surface area contributed by atoms with E-state index >= 15 is 0 Å². The molecule has 3 amide bonds. The Morgan fingerprint density at radius 3 is 2.22 bits per heavy atom. The maximum absolute atomic E-state index is 13.0. The summed E-state index contributed by atoms with van der Waals surface area (Å²) in [5.74, 6) is -5.69. The van der Waals surface area contributed by atoms with Crippen LogP contribution in [0.2, 0.25) is 0 Å². The Bertz CT molecular complexity index is 928. The third kappa shape index (κ3) is 10.1. The molecule has 0 bridgehead atoms. The van der Waals surface area contributed by atoms with Crippen LogP contribution in [0.1, 0.15) is 39.5 Å². The van der Waals surface area contributed by atoms with E-state index in [1.165, 1.54) is 11.8 Å². The number of amides is 3. The summed E-state index contributed by atoms with van der Waals surface area (Å²) >= 11 is 2.32. The molecule has 1 aliphatic heterocycles. The molecular weight excluding hydrogens is 528 g/mol. The number of carboxylic acids is 3. The van der Waals surface area contributed by atoms with E-state index in [-0.39, 0.29) is 25.0 Å². The van der Waals surface area contributed by atoms with Crippen LogP contribution in [0.25, 0.3) is 0 Å². The maximum atomic E-state index is 13.0. The van der Waals surface area contributed by atoms with E-state index in [1.54, 1.807) is 36.8 Å². The smallest absolute Gasteiger partial charge is 0.326 e. The summed E-state index contributed by atoms with van der Waals surface area (Å²) in [7, 11) is 0. The predicted molar refractivity (Wildman–Crippen MR) is 137 cm³/mol. The number of allylic oxidation sites excluding steroid dienone is 2. The van der Waals surface area contributed by atoms with E-state index in [1.807, 2.05) is 0 Å². The number of hydrogen-bond acceptors (Lipinski definition) is 9. The second-order valence-electron chi connectivity index (χ2n) is 7.92. The second-order valence-corrected chi connectivity index (χ2v) is 9.89. The molecule has 1 saturated heterocycles. The van der Waals surface area contributed by atoms with E-state index in [0.29, 0.717) is 0 Å². The van der Waals surface area contributed by atoms with Gasteiger partial charge in [0, 0.05) is 18.6 Å². The van der Waals surface area contributed by atoms with Gasteiger partial charge in [-0.15, -0.1) is 23.5 Å². The van der Waals surface area contributed by atoms with Crippen LogP contribution in [0.3, 0.4) is 0 Å². The monoisotopic (exact) mass is 560 g/mol. The van der Waals surface area contributed by atoms with Gasteiger partial charge >= 0.3 is 17.9 Å². The van der Waals surface area contributed by atoms with Crippen molar-refractivity contribution in [2.75, 3.05) is 5.75 Å². The van der Waals surface area contributed by atoms with Crippen LogP contribution in [-0.4, -0.2) is 91.1 Å². The Balaban J connectivity index is 3.00. The molecule has 1 aliphatic rings. The molecule has 1 rings (SSSR count). The standard InChI is InChI=1S/C22H32N4O9S2/c1-3-9-36-11-13(24-15(27)7-5-12(23)21(32)33)18(30)25-17-19(31)26(20(17)37-10-4-2)14(22(34)35)6-8-16(28)29/h3-4,9-10,12-14,17,20H,5-8,11,23H2,1-2H3,(H,24,27)(H,25,30)(H,28,29)(H,32,33)(H,34,35). The molecule has 0 aromatic rings. The third-order valence-electron chi connectivity index (χ3n) is 5.13. The van der Waals surface area contributed by atoms with Gasteiger partial charge in [0.2, 0.25) is 17.7 Å². The van der Waals surface area contributed by atoms with Crippen LogP contribution in [0.5, 0.6) is 0 Å². The highest BCUT2D eigenvalue weighted by atomic mass is 32.2. The number of aliphatic carboxylic acids is 3. The van der Waals surface area contributed by atoms with Crippen molar-refractivity contribution in [3.05, 3.63) is 23.0 Å². The number of nitrogens with two attached hydrogens (primary N) is 1. The first-order valence-electron chi connectivity index (χ1n) is 11.3. The average molecular weight is 561 g/mol. The summed E-state index contributed by atoms with van der Waals surface area (Å²) in [4.78, 5) is 72.9. The van der Waals surface area contributed by atoms with E-state index in [2.05, 4.69) is 10.6 Å². The van der Waals surface area contributed by atoms with Gasteiger partial charge in [-0.1, -0.05) is 12.2 Å². The van der Waals surface area contributed by atoms with E-state index in [4.69, 9.17) is 15.9 Å². The van der Waals surface area contributed by atoms with E-state index in [9.17, 15) is 33.9 Å². The molecule has 0 aromatic heterocycles. The molecule has 5 atom stereocenters. The van der Waals surface area contributed by atoms with Crippen molar-refractivity contribution in [3.63, 3.8) is 0 Å². The summed E-state index contributed by atoms with van der Waals surface area (Å²) in [6, 6.07) is -4.81. The normalized spacial score (nSPS) is 19.8. The molecule has 13 nitrogen and oxygen atoms in total. The van der Waals surface area contributed by atoms with Crippen molar-refractivity contribution in [3.8, 4) is 0 Å². The fraction of sp³-hybridized carbons (Fsp3) is 0.545. The summed E-state index contributed by atoms with van der Waals surface area (Å²) in [5, 5.41) is 35.0. The first-order chi connectivity index (χ1) is 17.4. The van der Waals surface area contributed by atoms with Crippen LogP contribution in [0, 0.1) is 0 Å². The quantitative estimate of drug-likeness (QED) is 0.131. The second kappa shape index (κ2) is 15.9. The van der Waals surface area contributed by atoms with Crippen LogP contribution >= 0.6 is 23.5 Å². The lowest BCUT2D eigenvalue weighted by atomic mass is 9.99. The predicted octanol–water partition coefficient (Wildman–Crippen LogP) is 0.168. The third-order valence-corrected chi connectivity index (χ3v) is 7.33. The number of rotatable bonds is 17. The number of carbonyl (C=O) groups excluding carboxylic acids is 3. The molecule has 0 radical (unpaired) electrons. The first kappa shape index (κ1) is 32.0. The van der Waals surface area contributed by atoms with Gasteiger partial charge in [-0.2, -0.15) is 0 Å². The molecular formula is C22H32N4O9S2. The zero-order valence-electron chi connectivity index (χ0n) is 20.4. The molecule has 7 N–H and O–H groups in total. The highest BCUT2D eigenvalue weighted by Gasteiger charge is 2.53. The minimum Gasteiger partial charge on any atom is -0.481 e. The molecule has 1 heterocycles. The van der Waals surface area contributed by atoms with Crippen LogP contribution in [0.15, 0.2) is 23.0 Å². The molecule has 0 aromatic carbocycles. The largest absolute Gasteiger partial charge is 0.481 e. The van der Waals surface area contributed by atoms with Gasteiger partial charge in [0.25, 0.3) is 0 Å². The Hall–Kier alpha value is -3.04. The van der Waals surface area contributed by atoms with Gasteiger partial charge in [-0.3, -0.25) is 24.0 Å². The van der Waals surface area contributed by atoms with Crippen molar-refractivity contribution in [2.45, 2.75) is 69.1 Å². The summed E-state index contributed by atoms with van der Waals surface area (Å²) < 4.78 is 0. The van der Waals surface area contributed by atoms with Crippen molar-refractivity contribution < 1.29 is 44.1 Å².